The first-order valence-electron chi connectivity index (χ1n) is 13.6. The first-order valence-corrected chi connectivity index (χ1v) is 13.6. The average Bonchev–Trinajstić information content (AvgIpc) is 2.95. The number of amides is 4. The molecule has 0 fully saturated rings. The molecule has 43 heavy (non-hydrogen) atoms. The third-order valence-corrected chi connectivity index (χ3v) is 5.83. The van der Waals surface area contributed by atoms with Gasteiger partial charge in [-0.1, -0.05) is 0 Å². The summed E-state index contributed by atoms with van der Waals surface area (Å²) in [6.07, 6.45) is 1.53. The summed E-state index contributed by atoms with van der Waals surface area (Å²) >= 11 is 0. The monoisotopic (exact) mass is 610 g/mol. The van der Waals surface area contributed by atoms with Gasteiger partial charge in [-0.2, -0.15) is 0 Å². The molecule has 1 aromatic rings. The minimum Gasteiger partial charge on any atom is -0.382 e. The zero-order valence-electron chi connectivity index (χ0n) is 24.1. The van der Waals surface area contributed by atoms with E-state index >= 15 is 0 Å². The Labute approximate surface area is 248 Å². The molecular formula is C23H46N16O4+2. The highest BCUT2D eigenvalue weighted by Crippen LogP contribution is 2.14. The molecule has 0 saturated heterocycles. The minimum atomic E-state index is -0.984. The van der Waals surface area contributed by atoms with Gasteiger partial charge < -0.3 is 44.2 Å². The molecule has 2 atom stereocenters. The Bertz CT molecular complexity index is 1150. The van der Waals surface area contributed by atoms with Crippen molar-refractivity contribution in [3.63, 3.8) is 0 Å². The van der Waals surface area contributed by atoms with Crippen molar-refractivity contribution in [3.05, 3.63) is 11.4 Å². The third kappa shape index (κ3) is 13.5. The lowest BCUT2D eigenvalue weighted by Crippen LogP contribution is -2.78. The van der Waals surface area contributed by atoms with Crippen LogP contribution in [-0.4, -0.2) is 97.4 Å². The Morgan fingerprint density at radius 1 is 0.698 bits per heavy atom. The molecule has 22 N–H and O–H groups in total. The van der Waals surface area contributed by atoms with Gasteiger partial charge in [0.2, 0.25) is 11.8 Å². The van der Waals surface area contributed by atoms with Gasteiger partial charge in [0.05, 0.1) is 19.0 Å². The minimum absolute atomic E-state index is 0.0189. The van der Waals surface area contributed by atoms with Crippen molar-refractivity contribution in [2.24, 2.45) is 40.3 Å². The number of carbonyl (C=O) groups excluding carboxylic acids is 4. The van der Waals surface area contributed by atoms with E-state index in [9.17, 15) is 19.2 Å². The predicted octanol–water partition coefficient (Wildman–Crippen LogP) is -9.50. The van der Waals surface area contributed by atoms with Crippen LogP contribution in [0, 0.1) is 5.92 Å². The van der Waals surface area contributed by atoms with E-state index in [1.54, 1.807) is 0 Å². The van der Waals surface area contributed by atoms with Crippen LogP contribution in [0.2, 0.25) is 0 Å². The van der Waals surface area contributed by atoms with E-state index in [0.717, 1.165) is 0 Å². The number of guanidine groups is 2. The summed E-state index contributed by atoms with van der Waals surface area (Å²) in [6.45, 7) is 1.60. The molecule has 1 rings (SSSR count). The second-order valence-corrected chi connectivity index (χ2v) is 9.33. The smallest absolute Gasteiger partial charge is 0.338 e. The number of anilines is 2. The number of rotatable bonds is 19. The van der Waals surface area contributed by atoms with Crippen LogP contribution in [0.5, 0.6) is 0 Å². The average molecular weight is 611 g/mol. The molecule has 1 aromatic heterocycles. The van der Waals surface area contributed by atoms with Crippen LogP contribution in [0.15, 0.2) is 0 Å². The number of aromatic nitrogens is 2. The number of nitrogens with zero attached hydrogens (tertiary/aromatic N) is 2. The number of nitrogen functional groups attached to an aromatic ring is 2. The molecule has 0 aliphatic carbocycles. The fraction of sp³-hybridized carbons (Fsp3) is 0.565. The first kappa shape index (κ1) is 36.0. The van der Waals surface area contributed by atoms with Crippen LogP contribution in [0.3, 0.4) is 0 Å². The number of carbonyl (C=O) groups is 4. The number of nitrogens with one attached hydrogen (secondary N) is 6. The van der Waals surface area contributed by atoms with Crippen LogP contribution in [-0.2, 0) is 9.59 Å². The van der Waals surface area contributed by atoms with Crippen LogP contribution in [0.4, 0.5) is 11.6 Å². The van der Waals surface area contributed by atoms with Crippen molar-refractivity contribution in [1.82, 2.24) is 31.2 Å². The topological polar surface area (TPSA) is 378 Å². The number of hydrogen-bond acceptors (Lipinski definition) is 10. The molecule has 0 spiro atoms. The van der Waals surface area contributed by atoms with Gasteiger partial charge in [0, 0.05) is 32.7 Å². The summed E-state index contributed by atoms with van der Waals surface area (Å²) in [5.41, 5.74) is 43.6. The number of hydrogen-bond donors (Lipinski definition) is 14. The van der Waals surface area contributed by atoms with Crippen LogP contribution < -0.4 is 77.1 Å². The lowest BCUT2D eigenvalue weighted by molar-refractivity contribution is -0.460. The van der Waals surface area contributed by atoms with Gasteiger partial charge in [0.15, 0.2) is 23.0 Å². The first-order chi connectivity index (χ1) is 20.4. The van der Waals surface area contributed by atoms with Crippen molar-refractivity contribution in [2.75, 3.05) is 57.3 Å². The SMILES string of the molecule is NCCNC(=O)C(CCC[NH+]=C(N)N)CNC(=O)c1nc(N)c(C(=O)NC(CCC[NH+]=C(N)N)C(=O)NCCN)nc1N. The summed E-state index contributed by atoms with van der Waals surface area (Å²) in [7, 11) is 0. The Morgan fingerprint density at radius 2 is 1.19 bits per heavy atom. The Morgan fingerprint density at radius 3 is 1.70 bits per heavy atom. The summed E-state index contributed by atoms with van der Waals surface area (Å²) < 4.78 is 0. The molecule has 0 saturated carbocycles. The molecule has 0 bridgehead atoms. The van der Waals surface area contributed by atoms with Crippen molar-refractivity contribution < 1.29 is 29.2 Å². The molecule has 2 unspecified atom stereocenters. The van der Waals surface area contributed by atoms with Crippen LogP contribution in [0.25, 0.3) is 0 Å². The van der Waals surface area contributed by atoms with Crippen molar-refractivity contribution in [1.29, 1.82) is 0 Å². The molecule has 240 valence electrons. The largest absolute Gasteiger partial charge is 0.382 e. The molecular weight excluding hydrogens is 564 g/mol. The Kier molecular flexibility index (Phi) is 16.1. The van der Waals surface area contributed by atoms with E-state index in [2.05, 4.69) is 41.2 Å². The Hall–Kier alpha value is -4.98. The van der Waals surface area contributed by atoms with Gasteiger partial charge >= 0.3 is 11.9 Å². The van der Waals surface area contributed by atoms with Gasteiger partial charge in [0.25, 0.3) is 11.8 Å². The maximum absolute atomic E-state index is 13.0. The second-order valence-electron chi connectivity index (χ2n) is 9.33. The normalized spacial score (nSPS) is 11.9. The van der Waals surface area contributed by atoms with Gasteiger partial charge in [-0.15, -0.1) is 0 Å². The highest BCUT2D eigenvalue weighted by molar-refractivity contribution is 6.02. The lowest BCUT2D eigenvalue weighted by atomic mass is 10.0. The maximum Gasteiger partial charge on any atom is 0.338 e. The van der Waals surface area contributed by atoms with E-state index in [1.165, 1.54) is 0 Å². The molecule has 0 aromatic carbocycles. The molecule has 0 aliphatic heterocycles. The van der Waals surface area contributed by atoms with E-state index in [1.807, 2.05) is 0 Å². The molecule has 0 aliphatic rings. The molecule has 4 amide bonds. The molecule has 20 nitrogen and oxygen atoms in total. The predicted molar refractivity (Wildman–Crippen MR) is 159 cm³/mol. The van der Waals surface area contributed by atoms with Crippen LogP contribution >= 0.6 is 0 Å². The van der Waals surface area contributed by atoms with Gasteiger partial charge in [0.1, 0.15) is 6.04 Å². The fourth-order valence-corrected chi connectivity index (χ4v) is 3.69. The van der Waals surface area contributed by atoms with E-state index in [-0.39, 0.29) is 74.2 Å². The molecule has 20 heteroatoms. The van der Waals surface area contributed by atoms with Crippen molar-refractivity contribution >= 4 is 47.2 Å². The highest BCUT2D eigenvalue weighted by atomic mass is 16.2. The van der Waals surface area contributed by atoms with E-state index in [0.29, 0.717) is 32.4 Å². The highest BCUT2D eigenvalue weighted by Gasteiger charge is 2.26. The standard InChI is InChI=1S/C23H44N16O4/c24-5-9-32-18(40)12(3-1-7-34-22(28)29)11-36-20(42)14-16(26)39-15(17(27)38-14)21(43)37-13(19(41)33-10-6-25)4-2-8-35-23(30)31/h12-13H,1-11,24-25H2,(H2,26,39)(H2,27,38)(H,32,40)(H,33,41)(H,36,42)(H,37,43)(H4,28,29,34)(H4,30,31,35)/p+2. The van der Waals surface area contributed by atoms with Gasteiger partial charge in [-0.3, -0.25) is 52.1 Å². The molecule has 0 radical (unpaired) electrons. The van der Waals surface area contributed by atoms with Crippen molar-refractivity contribution in [3.8, 4) is 0 Å². The third-order valence-electron chi connectivity index (χ3n) is 5.83. The number of nitrogens with two attached hydrogens (primary N) is 8. The van der Waals surface area contributed by atoms with Gasteiger partial charge in [-0.25, -0.2) is 9.97 Å². The fourth-order valence-electron chi connectivity index (χ4n) is 3.69. The van der Waals surface area contributed by atoms with Crippen LogP contribution in [0.1, 0.15) is 46.7 Å². The zero-order chi connectivity index (χ0) is 32.4. The second kappa shape index (κ2) is 19.2. The zero-order valence-corrected chi connectivity index (χ0v) is 24.1. The summed E-state index contributed by atoms with van der Waals surface area (Å²) in [5.74, 6) is -3.73. The summed E-state index contributed by atoms with van der Waals surface area (Å²) in [6, 6.07) is -0.984. The lowest BCUT2D eigenvalue weighted by Gasteiger charge is -2.19. The van der Waals surface area contributed by atoms with E-state index < -0.39 is 35.5 Å². The Balaban J connectivity index is 3.00. The van der Waals surface area contributed by atoms with E-state index in [4.69, 9.17) is 45.9 Å². The maximum atomic E-state index is 13.0. The summed E-state index contributed by atoms with van der Waals surface area (Å²) in [5, 5.41) is 10.4. The summed E-state index contributed by atoms with van der Waals surface area (Å²) in [4.78, 5) is 64.4. The van der Waals surface area contributed by atoms with Gasteiger partial charge in [-0.05, 0) is 25.7 Å². The van der Waals surface area contributed by atoms with Crippen molar-refractivity contribution in [2.45, 2.75) is 31.7 Å². The quantitative estimate of drug-likeness (QED) is 0.0393. The molecule has 1 heterocycles.